The van der Waals surface area contributed by atoms with Crippen molar-refractivity contribution in [3.05, 3.63) is 136 Å². The molecule has 6 aromatic carbocycles. The summed E-state index contributed by atoms with van der Waals surface area (Å²) >= 11 is 0. The molecule has 0 saturated heterocycles. The predicted octanol–water partition coefficient (Wildman–Crippen LogP) is 13.8. The standard InChI is InChI=1S/2C25H28/c1-12-13(2)17(6)22-11-24-20(9-21(22)16(12)5)10-23-18(7)14(3)15(4)19(8)25(23)24;1-12-14(3)18(7)24-20(16(12)5)9-10-21-23(24)11-22-17(6)13(2)15(4)19(8)25(21)22/h9,11H,10H2,1-8H3;9-10H,11H2,1-8H3. The predicted molar refractivity (Wildman–Crippen MR) is 220 cm³/mol. The Morgan fingerprint density at radius 2 is 0.700 bits per heavy atom. The summed E-state index contributed by atoms with van der Waals surface area (Å²) in [4.78, 5) is 0. The zero-order chi connectivity index (χ0) is 36.4. The molecule has 2 aliphatic rings. The summed E-state index contributed by atoms with van der Waals surface area (Å²) in [5, 5.41) is 5.82. The van der Waals surface area contributed by atoms with Gasteiger partial charge in [0.25, 0.3) is 0 Å². The van der Waals surface area contributed by atoms with Gasteiger partial charge in [0.15, 0.2) is 0 Å². The average molecular weight is 657 g/mol. The van der Waals surface area contributed by atoms with E-state index in [4.69, 9.17) is 0 Å². The number of hydrogen-bond acceptors (Lipinski definition) is 0. The number of fused-ring (bicyclic) bond motifs is 9. The van der Waals surface area contributed by atoms with E-state index in [1.165, 1.54) is 138 Å². The van der Waals surface area contributed by atoms with Gasteiger partial charge in [0, 0.05) is 0 Å². The van der Waals surface area contributed by atoms with Crippen molar-refractivity contribution in [1.82, 2.24) is 0 Å². The SMILES string of the molecule is Cc1c(C)c(C)c2c(c1C)Cc1c-2ccc2c(C)c(C)c(C)c(C)c12.Cc1c(C)c(C)c2c(c1C)Cc1cc3c(C)c(C)c(C)c(C)c3cc1-2. The van der Waals surface area contributed by atoms with E-state index in [1.807, 2.05) is 0 Å². The number of benzene rings is 6. The molecule has 0 bridgehead atoms. The van der Waals surface area contributed by atoms with Crippen LogP contribution in [0.2, 0.25) is 0 Å². The molecule has 0 amide bonds. The third kappa shape index (κ3) is 4.56. The maximum Gasteiger partial charge on any atom is -0.000435 e. The highest BCUT2D eigenvalue weighted by molar-refractivity contribution is 6.01. The highest BCUT2D eigenvalue weighted by atomic mass is 14.3. The van der Waals surface area contributed by atoms with Gasteiger partial charge in [-0.05, 0) is 291 Å². The Morgan fingerprint density at radius 3 is 1.24 bits per heavy atom. The van der Waals surface area contributed by atoms with E-state index in [-0.39, 0.29) is 0 Å². The third-order valence-electron chi connectivity index (χ3n) is 14.4. The fourth-order valence-electron chi connectivity index (χ4n) is 9.69. The van der Waals surface area contributed by atoms with Gasteiger partial charge in [-0.2, -0.15) is 0 Å². The molecule has 8 rings (SSSR count). The maximum absolute atomic E-state index is 2.48. The summed E-state index contributed by atoms with van der Waals surface area (Å²) in [7, 11) is 0. The Bertz CT molecular complexity index is 2480. The van der Waals surface area contributed by atoms with Crippen molar-refractivity contribution in [3.63, 3.8) is 0 Å². The van der Waals surface area contributed by atoms with Crippen LogP contribution in [0, 0.1) is 111 Å². The van der Waals surface area contributed by atoms with Crippen LogP contribution < -0.4 is 0 Å². The number of hydrogen-bond donors (Lipinski definition) is 0. The molecular weight excluding hydrogens is 601 g/mol. The van der Waals surface area contributed by atoms with E-state index < -0.39 is 0 Å². The topological polar surface area (TPSA) is 0 Å². The zero-order valence-electron chi connectivity index (χ0n) is 33.7. The summed E-state index contributed by atoms with van der Waals surface area (Å²) in [6, 6.07) is 9.70. The molecule has 0 heterocycles. The van der Waals surface area contributed by atoms with E-state index in [1.54, 1.807) is 16.7 Å². The van der Waals surface area contributed by atoms with E-state index in [0.29, 0.717) is 0 Å². The molecule has 0 N–H and O–H groups in total. The molecule has 0 unspecified atom stereocenters. The minimum Gasteiger partial charge on any atom is -0.0535 e. The average Bonchev–Trinajstić information content (AvgIpc) is 3.69. The van der Waals surface area contributed by atoms with Crippen LogP contribution in [0.1, 0.15) is 111 Å². The Morgan fingerprint density at radius 1 is 0.300 bits per heavy atom. The quantitative estimate of drug-likeness (QED) is 0.152. The van der Waals surface area contributed by atoms with Crippen molar-refractivity contribution in [2.24, 2.45) is 0 Å². The first-order valence-electron chi connectivity index (χ1n) is 18.7. The molecular formula is C50H56. The van der Waals surface area contributed by atoms with Crippen molar-refractivity contribution in [3.8, 4) is 22.3 Å². The smallest absolute Gasteiger partial charge is 0.000435 e. The second-order valence-corrected chi connectivity index (χ2v) is 16.1. The molecule has 0 atom stereocenters. The van der Waals surface area contributed by atoms with Crippen LogP contribution >= 0.6 is 0 Å². The van der Waals surface area contributed by atoms with Crippen molar-refractivity contribution in [2.45, 2.75) is 124 Å². The molecule has 0 aliphatic heterocycles. The van der Waals surface area contributed by atoms with E-state index in [9.17, 15) is 0 Å². The second kappa shape index (κ2) is 11.7. The molecule has 256 valence electrons. The van der Waals surface area contributed by atoms with Gasteiger partial charge in [-0.15, -0.1) is 0 Å². The van der Waals surface area contributed by atoms with Crippen LogP contribution in [0.4, 0.5) is 0 Å². The lowest BCUT2D eigenvalue weighted by Gasteiger charge is -2.17. The molecule has 2 aliphatic carbocycles. The van der Waals surface area contributed by atoms with Crippen molar-refractivity contribution >= 4 is 21.5 Å². The van der Waals surface area contributed by atoms with Gasteiger partial charge in [0.2, 0.25) is 0 Å². The Balaban J connectivity index is 0.000000157. The van der Waals surface area contributed by atoms with Crippen LogP contribution in [0.5, 0.6) is 0 Å². The Hall–Kier alpha value is -4.16. The van der Waals surface area contributed by atoms with E-state index in [2.05, 4.69) is 135 Å². The summed E-state index contributed by atoms with van der Waals surface area (Å²) in [6.45, 7) is 36.6. The Labute approximate surface area is 302 Å². The normalized spacial score (nSPS) is 12.6. The monoisotopic (exact) mass is 656 g/mol. The van der Waals surface area contributed by atoms with Gasteiger partial charge in [-0.3, -0.25) is 0 Å². The van der Waals surface area contributed by atoms with Crippen LogP contribution in [-0.4, -0.2) is 0 Å². The molecule has 0 aromatic heterocycles. The molecule has 0 heteroatoms. The fourth-order valence-corrected chi connectivity index (χ4v) is 9.69. The maximum atomic E-state index is 2.48. The molecule has 0 fully saturated rings. The molecule has 0 saturated carbocycles. The van der Waals surface area contributed by atoms with Gasteiger partial charge < -0.3 is 0 Å². The molecule has 0 nitrogen and oxygen atoms in total. The highest BCUT2D eigenvalue weighted by Crippen LogP contribution is 2.48. The zero-order valence-corrected chi connectivity index (χ0v) is 33.7. The van der Waals surface area contributed by atoms with Crippen LogP contribution in [0.25, 0.3) is 43.8 Å². The molecule has 0 spiro atoms. The second-order valence-electron chi connectivity index (χ2n) is 16.1. The first-order chi connectivity index (χ1) is 23.5. The first kappa shape index (κ1) is 34.3. The highest BCUT2D eigenvalue weighted by Gasteiger charge is 2.28. The number of rotatable bonds is 0. The lowest BCUT2D eigenvalue weighted by Crippen LogP contribution is -1.98. The van der Waals surface area contributed by atoms with Crippen molar-refractivity contribution < 1.29 is 0 Å². The lowest BCUT2D eigenvalue weighted by molar-refractivity contribution is 1.15. The fraction of sp³-hybridized carbons (Fsp3) is 0.360. The lowest BCUT2D eigenvalue weighted by atomic mass is 9.87. The first-order valence-corrected chi connectivity index (χ1v) is 18.7. The minimum absolute atomic E-state index is 1.08. The van der Waals surface area contributed by atoms with Gasteiger partial charge >= 0.3 is 0 Å². The minimum atomic E-state index is 1.08. The van der Waals surface area contributed by atoms with Crippen LogP contribution in [0.15, 0.2) is 24.3 Å². The largest absolute Gasteiger partial charge is 0.0535 e. The van der Waals surface area contributed by atoms with Crippen molar-refractivity contribution in [2.75, 3.05) is 0 Å². The summed E-state index contributed by atoms with van der Waals surface area (Å²) < 4.78 is 0. The van der Waals surface area contributed by atoms with Crippen LogP contribution in [-0.2, 0) is 12.8 Å². The van der Waals surface area contributed by atoms with Gasteiger partial charge in [0.1, 0.15) is 0 Å². The van der Waals surface area contributed by atoms with Crippen LogP contribution in [0.3, 0.4) is 0 Å². The summed E-state index contributed by atoms with van der Waals surface area (Å²) in [5.41, 5.74) is 35.4. The van der Waals surface area contributed by atoms with E-state index in [0.717, 1.165) is 12.8 Å². The van der Waals surface area contributed by atoms with Gasteiger partial charge in [-0.25, -0.2) is 0 Å². The molecule has 0 radical (unpaired) electrons. The Kier molecular flexibility index (Phi) is 8.02. The summed E-state index contributed by atoms with van der Waals surface area (Å²) in [6.07, 6.45) is 2.17. The number of aryl methyl sites for hydroxylation is 4. The summed E-state index contributed by atoms with van der Waals surface area (Å²) in [5.74, 6) is 0. The van der Waals surface area contributed by atoms with Gasteiger partial charge in [-0.1, -0.05) is 12.1 Å². The van der Waals surface area contributed by atoms with Crippen molar-refractivity contribution in [1.29, 1.82) is 0 Å². The third-order valence-corrected chi connectivity index (χ3v) is 14.4. The van der Waals surface area contributed by atoms with Gasteiger partial charge in [0.05, 0.1) is 0 Å². The molecule has 50 heavy (non-hydrogen) atoms. The molecule has 6 aromatic rings. The van der Waals surface area contributed by atoms with E-state index >= 15 is 0 Å².